The van der Waals surface area contributed by atoms with Crippen molar-refractivity contribution in [3.8, 4) is 0 Å². The summed E-state index contributed by atoms with van der Waals surface area (Å²) in [5.74, 6) is -0.473. The molecule has 0 aliphatic heterocycles. The van der Waals surface area contributed by atoms with Crippen LogP contribution in [0.3, 0.4) is 0 Å². The number of nitrogens with zero attached hydrogens (tertiary/aromatic N) is 1. The Morgan fingerprint density at radius 1 is 1.65 bits per heavy atom. The third-order valence-corrected chi connectivity index (χ3v) is 3.31. The van der Waals surface area contributed by atoms with Gasteiger partial charge in [0.2, 0.25) is 0 Å². The van der Waals surface area contributed by atoms with Crippen molar-refractivity contribution in [1.29, 1.82) is 0 Å². The molecule has 0 spiro atoms. The van der Waals surface area contributed by atoms with E-state index in [1.165, 1.54) is 31.7 Å². The molecular weight excluding hydrogens is 220 g/mol. The Bertz CT molecular complexity index is 396. The summed E-state index contributed by atoms with van der Waals surface area (Å²) in [6, 6.07) is 1.47. The molecule has 2 rings (SSSR count). The summed E-state index contributed by atoms with van der Waals surface area (Å²) in [7, 11) is 0. The molecule has 1 aliphatic carbocycles. The van der Waals surface area contributed by atoms with Crippen molar-refractivity contribution < 1.29 is 14.4 Å². The van der Waals surface area contributed by atoms with Gasteiger partial charge in [-0.2, -0.15) is 0 Å². The first-order valence-electron chi connectivity index (χ1n) is 6.05. The number of carboxylic acid groups (broad SMARTS) is 1. The van der Waals surface area contributed by atoms with Gasteiger partial charge in [0.15, 0.2) is 11.5 Å². The quantitative estimate of drug-likeness (QED) is 0.760. The van der Waals surface area contributed by atoms with Gasteiger partial charge < -0.3 is 14.9 Å². The van der Waals surface area contributed by atoms with E-state index in [9.17, 15) is 4.79 Å². The zero-order chi connectivity index (χ0) is 12.3. The van der Waals surface area contributed by atoms with Crippen molar-refractivity contribution in [3.05, 3.63) is 17.5 Å². The number of nitrogens with one attached hydrogen (secondary N) is 1. The number of hydrogen-bond acceptors (Lipinski definition) is 4. The zero-order valence-electron chi connectivity index (χ0n) is 10.0. The van der Waals surface area contributed by atoms with Gasteiger partial charge in [-0.1, -0.05) is 18.5 Å². The minimum atomic E-state index is -1.05. The number of carbonyl (C=O) groups is 1. The van der Waals surface area contributed by atoms with Gasteiger partial charge in [0, 0.05) is 12.6 Å². The molecule has 1 aliphatic rings. The van der Waals surface area contributed by atoms with Crippen LogP contribution in [-0.4, -0.2) is 22.8 Å². The molecule has 0 bridgehead atoms. The number of carboxylic acids is 1. The standard InChI is InChI=1S/C12H18N2O3/c1-2-3-12(4-5-12)8-13-7-9-6-10(11(15)16)14-17-9/h6,13H,2-5,7-8H2,1H3,(H,15,16). The lowest BCUT2D eigenvalue weighted by molar-refractivity contribution is 0.0685. The van der Waals surface area contributed by atoms with Crippen LogP contribution in [0.25, 0.3) is 0 Å². The second-order valence-corrected chi connectivity index (χ2v) is 4.84. The highest BCUT2D eigenvalue weighted by Gasteiger charge is 2.40. The molecule has 1 fully saturated rings. The lowest BCUT2D eigenvalue weighted by Gasteiger charge is -2.13. The third-order valence-electron chi connectivity index (χ3n) is 3.31. The summed E-state index contributed by atoms with van der Waals surface area (Å²) in [5, 5.41) is 15.5. The topological polar surface area (TPSA) is 75.4 Å². The molecule has 1 saturated carbocycles. The molecule has 5 nitrogen and oxygen atoms in total. The monoisotopic (exact) mass is 238 g/mol. The Morgan fingerprint density at radius 2 is 2.41 bits per heavy atom. The molecular formula is C12H18N2O3. The van der Waals surface area contributed by atoms with Crippen molar-refractivity contribution in [2.45, 2.75) is 39.2 Å². The fourth-order valence-corrected chi connectivity index (χ4v) is 2.17. The van der Waals surface area contributed by atoms with E-state index in [4.69, 9.17) is 9.63 Å². The minimum absolute atomic E-state index is 0.0310. The predicted molar refractivity (Wildman–Crippen MR) is 61.7 cm³/mol. The van der Waals surface area contributed by atoms with Gasteiger partial charge in [-0.05, 0) is 24.7 Å². The van der Waals surface area contributed by atoms with Gasteiger partial charge >= 0.3 is 5.97 Å². The van der Waals surface area contributed by atoms with Crippen LogP contribution in [0.4, 0.5) is 0 Å². The summed E-state index contributed by atoms with van der Waals surface area (Å²) in [6.07, 6.45) is 5.07. The average molecular weight is 238 g/mol. The third kappa shape index (κ3) is 3.06. The highest BCUT2D eigenvalue weighted by atomic mass is 16.5. The molecule has 0 radical (unpaired) electrons. The fraction of sp³-hybridized carbons (Fsp3) is 0.667. The van der Waals surface area contributed by atoms with E-state index in [1.807, 2.05) is 0 Å². The van der Waals surface area contributed by atoms with E-state index in [0.29, 0.717) is 17.7 Å². The van der Waals surface area contributed by atoms with Crippen LogP contribution in [0, 0.1) is 5.41 Å². The Hall–Kier alpha value is -1.36. The number of aromatic carboxylic acids is 1. The number of rotatable bonds is 7. The van der Waals surface area contributed by atoms with E-state index < -0.39 is 5.97 Å². The van der Waals surface area contributed by atoms with Crippen molar-refractivity contribution in [2.24, 2.45) is 5.41 Å². The molecule has 0 aromatic carbocycles. The highest BCUT2D eigenvalue weighted by Crippen LogP contribution is 2.48. The fourth-order valence-electron chi connectivity index (χ4n) is 2.17. The van der Waals surface area contributed by atoms with Crippen LogP contribution in [0.2, 0.25) is 0 Å². The maximum Gasteiger partial charge on any atom is 0.358 e. The molecule has 5 heteroatoms. The molecule has 1 heterocycles. The van der Waals surface area contributed by atoms with Gasteiger partial charge in [-0.25, -0.2) is 4.79 Å². The molecule has 0 atom stereocenters. The van der Waals surface area contributed by atoms with Crippen molar-refractivity contribution in [3.63, 3.8) is 0 Å². The van der Waals surface area contributed by atoms with Gasteiger partial charge in [0.05, 0.1) is 6.54 Å². The first kappa shape index (κ1) is 12.1. The van der Waals surface area contributed by atoms with E-state index in [1.54, 1.807) is 0 Å². The summed E-state index contributed by atoms with van der Waals surface area (Å²) < 4.78 is 4.93. The molecule has 0 amide bonds. The van der Waals surface area contributed by atoms with E-state index in [-0.39, 0.29) is 5.69 Å². The summed E-state index contributed by atoms with van der Waals surface area (Å²) >= 11 is 0. The average Bonchev–Trinajstić information content (AvgIpc) is 2.88. The largest absolute Gasteiger partial charge is 0.476 e. The maximum absolute atomic E-state index is 10.6. The Balaban J connectivity index is 1.76. The first-order chi connectivity index (χ1) is 8.15. The molecule has 2 N–H and O–H groups in total. The molecule has 0 saturated heterocycles. The first-order valence-corrected chi connectivity index (χ1v) is 6.05. The van der Waals surface area contributed by atoms with E-state index in [0.717, 1.165) is 6.54 Å². The van der Waals surface area contributed by atoms with Gasteiger partial charge in [0.25, 0.3) is 0 Å². The van der Waals surface area contributed by atoms with E-state index >= 15 is 0 Å². The Kier molecular flexibility index (Phi) is 3.47. The van der Waals surface area contributed by atoms with Crippen LogP contribution in [0.15, 0.2) is 10.6 Å². The molecule has 17 heavy (non-hydrogen) atoms. The Morgan fingerprint density at radius 3 is 2.94 bits per heavy atom. The van der Waals surface area contributed by atoms with Crippen molar-refractivity contribution in [2.75, 3.05) is 6.54 Å². The second-order valence-electron chi connectivity index (χ2n) is 4.84. The SMILES string of the molecule is CCCC1(CNCc2cc(C(=O)O)no2)CC1. The summed E-state index contributed by atoms with van der Waals surface area (Å²) in [5.41, 5.74) is 0.459. The second kappa shape index (κ2) is 4.87. The lowest BCUT2D eigenvalue weighted by Crippen LogP contribution is -2.23. The maximum atomic E-state index is 10.6. The molecule has 94 valence electrons. The normalized spacial score (nSPS) is 17.0. The van der Waals surface area contributed by atoms with Gasteiger partial charge in [0.1, 0.15) is 0 Å². The smallest absolute Gasteiger partial charge is 0.358 e. The molecule has 0 unspecified atom stereocenters. The van der Waals surface area contributed by atoms with Crippen LogP contribution < -0.4 is 5.32 Å². The molecule has 1 aromatic rings. The predicted octanol–water partition coefficient (Wildman–Crippen LogP) is 2.04. The Labute approximate surface area is 100 Å². The minimum Gasteiger partial charge on any atom is -0.476 e. The number of hydrogen-bond donors (Lipinski definition) is 2. The van der Waals surface area contributed by atoms with Crippen LogP contribution >= 0.6 is 0 Å². The number of aromatic nitrogens is 1. The van der Waals surface area contributed by atoms with Crippen LogP contribution in [-0.2, 0) is 6.54 Å². The summed E-state index contributed by atoms with van der Waals surface area (Å²) in [4.78, 5) is 10.6. The van der Waals surface area contributed by atoms with Crippen molar-refractivity contribution >= 4 is 5.97 Å². The van der Waals surface area contributed by atoms with Gasteiger partial charge in [-0.15, -0.1) is 0 Å². The van der Waals surface area contributed by atoms with E-state index in [2.05, 4.69) is 17.4 Å². The lowest BCUT2D eigenvalue weighted by atomic mass is 10.0. The van der Waals surface area contributed by atoms with Crippen LogP contribution in [0.1, 0.15) is 48.9 Å². The van der Waals surface area contributed by atoms with Crippen molar-refractivity contribution in [1.82, 2.24) is 10.5 Å². The highest BCUT2D eigenvalue weighted by molar-refractivity contribution is 5.85. The van der Waals surface area contributed by atoms with Gasteiger partial charge in [-0.3, -0.25) is 0 Å². The summed E-state index contributed by atoms with van der Waals surface area (Å²) in [6.45, 7) is 3.73. The molecule has 1 aromatic heterocycles. The zero-order valence-corrected chi connectivity index (χ0v) is 10.0. The van der Waals surface area contributed by atoms with Crippen LogP contribution in [0.5, 0.6) is 0 Å².